The van der Waals surface area contributed by atoms with Crippen LogP contribution in [0.3, 0.4) is 0 Å². The minimum Gasteiger partial charge on any atom is -0.393 e. The van der Waals surface area contributed by atoms with Gasteiger partial charge in [-0.05, 0) is 18.8 Å². The average Bonchev–Trinajstić information content (AvgIpc) is 1.64. The molecule has 0 aromatic rings. The van der Waals surface area contributed by atoms with E-state index in [0.29, 0.717) is 0 Å². The first-order valence-electron chi connectivity index (χ1n) is 3.47. The van der Waals surface area contributed by atoms with Crippen LogP contribution in [0.4, 0.5) is 0 Å². The summed E-state index contributed by atoms with van der Waals surface area (Å²) in [5, 5.41) is 9.08. The second-order valence-corrected chi connectivity index (χ2v) is 2.93. The molecule has 1 aliphatic rings. The van der Waals surface area contributed by atoms with Crippen molar-refractivity contribution >= 4 is 0 Å². The summed E-state index contributed by atoms with van der Waals surface area (Å²) in [7, 11) is 0. The SMILES string of the molecule is CC1CCCC(O)C1.[W]. The first-order chi connectivity index (χ1) is 3.79. The van der Waals surface area contributed by atoms with Crippen LogP contribution < -0.4 is 0 Å². The van der Waals surface area contributed by atoms with Crippen molar-refractivity contribution in [3.63, 3.8) is 0 Å². The van der Waals surface area contributed by atoms with Crippen LogP contribution >= 0.6 is 0 Å². The Labute approximate surface area is 71.1 Å². The number of hydrogen-bond acceptors (Lipinski definition) is 1. The summed E-state index contributed by atoms with van der Waals surface area (Å²) in [6, 6.07) is 0. The molecule has 1 aliphatic carbocycles. The summed E-state index contributed by atoms with van der Waals surface area (Å²) in [5.41, 5.74) is 0. The van der Waals surface area contributed by atoms with Crippen LogP contribution in [-0.4, -0.2) is 11.2 Å². The zero-order chi connectivity index (χ0) is 5.98. The Balaban J connectivity index is 0.000000640. The van der Waals surface area contributed by atoms with E-state index in [1.54, 1.807) is 0 Å². The van der Waals surface area contributed by atoms with Gasteiger partial charge in [-0.2, -0.15) is 0 Å². The molecule has 0 aliphatic heterocycles. The van der Waals surface area contributed by atoms with Crippen molar-refractivity contribution in [2.24, 2.45) is 5.92 Å². The van der Waals surface area contributed by atoms with Gasteiger partial charge in [0.25, 0.3) is 0 Å². The average molecular weight is 298 g/mol. The van der Waals surface area contributed by atoms with E-state index in [1.165, 1.54) is 12.8 Å². The van der Waals surface area contributed by atoms with Gasteiger partial charge in [0.1, 0.15) is 0 Å². The predicted molar refractivity (Wildman–Crippen MR) is 33.6 cm³/mol. The van der Waals surface area contributed by atoms with Gasteiger partial charge in [-0.25, -0.2) is 0 Å². The molecule has 1 N–H and O–H groups in total. The van der Waals surface area contributed by atoms with E-state index in [-0.39, 0.29) is 27.2 Å². The summed E-state index contributed by atoms with van der Waals surface area (Å²) < 4.78 is 0. The molecule has 0 aromatic carbocycles. The topological polar surface area (TPSA) is 20.2 Å². The van der Waals surface area contributed by atoms with Gasteiger partial charge in [0.05, 0.1) is 6.10 Å². The molecule has 2 heteroatoms. The van der Waals surface area contributed by atoms with E-state index >= 15 is 0 Å². The van der Waals surface area contributed by atoms with Crippen LogP contribution in [0.5, 0.6) is 0 Å². The van der Waals surface area contributed by atoms with Crippen molar-refractivity contribution in [3.05, 3.63) is 0 Å². The second kappa shape index (κ2) is 4.46. The van der Waals surface area contributed by atoms with E-state index in [0.717, 1.165) is 18.8 Å². The predicted octanol–water partition coefficient (Wildman–Crippen LogP) is 1.55. The van der Waals surface area contributed by atoms with Gasteiger partial charge < -0.3 is 5.11 Å². The summed E-state index contributed by atoms with van der Waals surface area (Å²) in [6.45, 7) is 2.21. The van der Waals surface area contributed by atoms with E-state index < -0.39 is 0 Å². The Morgan fingerprint density at radius 2 is 2.00 bits per heavy atom. The fourth-order valence-electron chi connectivity index (χ4n) is 1.40. The number of aliphatic hydroxyl groups is 1. The third-order valence-corrected chi connectivity index (χ3v) is 1.91. The third-order valence-electron chi connectivity index (χ3n) is 1.91. The Bertz CT molecular complexity index is 67.3. The molecule has 0 bridgehead atoms. The van der Waals surface area contributed by atoms with Gasteiger partial charge in [0, 0.05) is 21.1 Å². The van der Waals surface area contributed by atoms with Crippen molar-refractivity contribution in [1.82, 2.24) is 0 Å². The van der Waals surface area contributed by atoms with Crippen LogP contribution in [0.2, 0.25) is 0 Å². The number of aliphatic hydroxyl groups excluding tert-OH is 1. The summed E-state index contributed by atoms with van der Waals surface area (Å²) in [4.78, 5) is 0. The minimum atomic E-state index is 0. The molecule has 1 fully saturated rings. The first kappa shape index (κ1) is 9.65. The van der Waals surface area contributed by atoms with Crippen LogP contribution in [0.25, 0.3) is 0 Å². The van der Waals surface area contributed by atoms with Gasteiger partial charge in [-0.15, -0.1) is 0 Å². The van der Waals surface area contributed by atoms with Crippen molar-refractivity contribution < 1.29 is 26.2 Å². The molecule has 0 radical (unpaired) electrons. The fraction of sp³-hybridized carbons (Fsp3) is 1.00. The normalized spacial score (nSPS) is 35.3. The molecule has 9 heavy (non-hydrogen) atoms. The third kappa shape index (κ3) is 3.37. The van der Waals surface area contributed by atoms with Crippen LogP contribution in [0.15, 0.2) is 0 Å². The number of hydrogen-bond donors (Lipinski definition) is 1. The molecule has 54 valence electrons. The molecular weight excluding hydrogens is 284 g/mol. The summed E-state index contributed by atoms with van der Waals surface area (Å²) >= 11 is 0. The van der Waals surface area contributed by atoms with Crippen molar-refractivity contribution in [1.29, 1.82) is 0 Å². The molecule has 0 heterocycles. The number of rotatable bonds is 0. The zero-order valence-electron chi connectivity index (χ0n) is 5.84. The largest absolute Gasteiger partial charge is 0.393 e. The molecular formula is C7H14OW. The van der Waals surface area contributed by atoms with Gasteiger partial charge >= 0.3 is 0 Å². The molecule has 0 aromatic heterocycles. The quantitative estimate of drug-likeness (QED) is 0.719. The van der Waals surface area contributed by atoms with E-state index in [9.17, 15) is 0 Å². The van der Waals surface area contributed by atoms with Crippen LogP contribution in [0, 0.1) is 5.92 Å². The Morgan fingerprint density at radius 1 is 1.33 bits per heavy atom. The van der Waals surface area contributed by atoms with E-state index in [4.69, 9.17) is 5.11 Å². The standard InChI is InChI=1S/C7H14O.W/c1-6-3-2-4-7(8)5-6;/h6-8H,2-5H2,1H3;. The molecule has 0 saturated heterocycles. The maximum absolute atomic E-state index is 9.08. The second-order valence-electron chi connectivity index (χ2n) is 2.93. The smallest absolute Gasteiger partial charge is 0.0542 e. The monoisotopic (exact) mass is 298 g/mol. The van der Waals surface area contributed by atoms with Gasteiger partial charge in [0.15, 0.2) is 0 Å². The molecule has 0 spiro atoms. The first-order valence-corrected chi connectivity index (χ1v) is 3.47. The summed E-state index contributed by atoms with van der Waals surface area (Å²) in [5.74, 6) is 0.763. The molecule has 1 rings (SSSR count). The van der Waals surface area contributed by atoms with Crippen molar-refractivity contribution in [3.8, 4) is 0 Å². The van der Waals surface area contributed by atoms with Gasteiger partial charge in [-0.3, -0.25) is 0 Å². The Morgan fingerprint density at radius 3 is 2.33 bits per heavy atom. The molecule has 2 atom stereocenters. The van der Waals surface area contributed by atoms with Crippen molar-refractivity contribution in [2.45, 2.75) is 38.7 Å². The molecule has 0 amide bonds. The maximum atomic E-state index is 9.08. The molecule has 1 nitrogen and oxygen atoms in total. The Hall–Kier alpha value is 0.648. The summed E-state index contributed by atoms with van der Waals surface area (Å²) in [6.07, 6.45) is 4.61. The minimum absolute atomic E-state index is 0. The van der Waals surface area contributed by atoms with E-state index in [2.05, 4.69) is 6.92 Å². The van der Waals surface area contributed by atoms with E-state index in [1.807, 2.05) is 0 Å². The fourth-order valence-corrected chi connectivity index (χ4v) is 1.40. The van der Waals surface area contributed by atoms with Gasteiger partial charge in [-0.1, -0.05) is 19.8 Å². The van der Waals surface area contributed by atoms with Crippen LogP contribution in [0.1, 0.15) is 32.6 Å². The zero-order valence-corrected chi connectivity index (χ0v) is 8.77. The van der Waals surface area contributed by atoms with Gasteiger partial charge in [0.2, 0.25) is 0 Å². The molecule has 1 saturated carbocycles. The van der Waals surface area contributed by atoms with Crippen LogP contribution in [-0.2, 0) is 21.1 Å². The maximum Gasteiger partial charge on any atom is 0.0542 e. The Kier molecular flexibility index (Phi) is 4.78. The van der Waals surface area contributed by atoms with Crippen molar-refractivity contribution in [2.75, 3.05) is 0 Å². The molecule has 2 unspecified atom stereocenters.